The van der Waals surface area contributed by atoms with Crippen LogP contribution < -0.4 is 0 Å². The van der Waals surface area contributed by atoms with Crippen LogP contribution in [0.25, 0.3) is 0 Å². The zero-order valence-electron chi connectivity index (χ0n) is 3.38. The zero-order valence-corrected chi connectivity index (χ0v) is 3.38. The molecule has 0 aromatic carbocycles. The Hall–Kier alpha value is 1.14. The Bertz CT molecular complexity index is 83.4. The van der Waals surface area contributed by atoms with Crippen molar-refractivity contribution in [3.63, 3.8) is 0 Å². The Labute approximate surface area is 92.1 Å². The molecule has 38 valence electrons. The van der Waals surface area contributed by atoms with Gasteiger partial charge in [0.05, 0.1) is 0 Å². The van der Waals surface area contributed by atoms with Gasteiger partial charge >= 0.3 is 65.1 Å². The average molecular weight is 135 g/mol. The van der Waals surface area contributed by atoms with E-state index in [4.69, 9.17) is 5.11 Å². The molecule has 8 heavy (non-hydrogen) atoms. The number of hydrogen-bond donors (Lipinski definition) is 1. The Kier molecular flexibility index (Phi) is 22.1. The molecule has 1 N–H and O–H groups in total. The Morgan fingerprint density at radius 2 is 2.00 bits per heavy atom. The van der Waals surface area contributed by atoms with Gasteiger partial charge in [-0.05, 0) is 0 Å². The number of aliphatic imine (C=N–C) groups is 1. The van der Waals surface area contributed by atoms with Crippen molar-refractivity contribution in [1.82, 2.24) is 0 Å². The summed E-state index contributed by atoms with van der Waals surface area (Å²) in [5.74, 6) is -1.00. The predicted octanol–water partition coefficient (Wildman–Crippen LogP) is -1.53. The third-order valence-corrected chi connectivity index (χ3v) is 0.240. The molecular weight excluding hydrogens is 128 g/mol. The molecule has 0 spiro atoms. The molecule has 0 heterocycles. The first kappa shape index (κ1) is 16.1. The normalized spacial score (nSPS) is 7.12. The second kappa shape index (κ2) is 11.0. The summed E-state index contributed by atoms with van der Waals surface area (Å²) in [4.78, 5) is 12.7. The van der Waals surface area contributed by atoms with E-state index in [-0.39, 0.29) is 59.1 Å². The van der Waals surface area contributed by atoms with Crippen LogP contribution in [0.2, 0.25) is 0 Å². The maximum absolute atomic E-state index is 9.45. The first-order valence-corrected chi connectivity index (χ1v) is 1.42. The molecule has 0 aromatic heterocycles. The van der Waals surface area contributed by atoms with Crippen LogP contribution in [0.4, 0.5) is 0 Å². The van der Waals surface area contributed by atoms with Crippen LogP contribution in [0.5, 0.6) is 0 Å². The predicted molar refractivity (Wildman–Crippen MR) is 36.3 cm³/mol. The van der Waals surface area contributed by atoms with E-state index in [1.54, 1.807) is 0 Å². The van der Waals surface area contributed by atoms with Crippen molar-refractivity contribution in [2.45, 2.75) is 0 Å². The molecular formula is C3H7NNa2O2. The maximum atomic E-state index is 9.45. The van der Waals surface area contributed by atoms with Crippen LogP contribution >= 0.6 is 0 Å². The molecule has 0 bridgehead atoms. The van der Waals surface area contributed by atoms with Crippen LogP contribution in [-0.2, 0) is 4.79 Å². The summed E-state index contributed by atoms with van der Waals surface area (Å²) in [5.41, 5.74) is 0. The van der Waals surface area contributed by atoms with Crippen LogP contribution in [0.15, 0.2) is 4.99 Å². The van der Waals surface area contributed by atoms with Gasteiger partial charge in [-0.3, -0.25) is 4.99 Å². The Morgan fingerprint density at radius 1 is 1.62 bits per heavy atom. The second-order valence-corrected chi connectivity index (χ2v) is 0.726. The minimum absolute atomic E-state index is 0. The molecule has 0 saturated heterocycles. The fourth-order valence-corrected chi connectivity index (χ4v) is 0.110. The number of carbonyl (C=O) groups is 1. The van der Waals surface area contributed by atoms with E-state index in [1.165, 1.54) is 7.05 Å². The van der Waals surface area contributed by atoms with Gasteiger partial charge in [0, 0.05) is 7.05 Å². The molecule has 0 saturated carbocycles. The number of rotatable bonds is 1. The van der Waals surface area contributed by atoms with Crippen molar-refractivity contribution in [2.24, 2.45) is 4.99 Å². The van der Waals surface area contributed by atoms with E-state index >= 15 is 0 Å². The monoisotopic (exact) mass is 135 g/mol. The molecule has 0 aliphatic heterocycles. The third-order valence-electron chi connectivity index (χ3n) is 0.240. The van der Waals surface area contributed by atoms with Crippen molar-refractivity contribution in [3.8, 4) is 0 Å². The summed E-state index contributed by atoms with van der Waals surface area (Å²) in [7, 11) is 1.41. The fraction of sp³-hybridized carbons (Fsp3) is 0.333. The summed E-state index contributed by atoms with van der Waals surface area (Å²) < 4.78 is 0. The number of carboxylic acid groups (broad SMARTS) is 1. The molecule has 0 radical (unpaired) electrons. The van der Waals surface area contributed by atoms with Crippen LogP contribution in [-0.4, -0.2) is 83.5 Å². The summed E-state index contributed by atoms with van der Waals surface area (Å²) in [6, 6.07) is 0. The quantitative estimate of drug-likeness (QED) is 0.350. The number of aliphatic carboxylic acids is 1. The van der Waals surface area contributed by atoms with Gasteiger partial charge in [-0.25, -0.2) is 4.79 Å². The average Bonchev–Trinajstić information content (AvgIpc) is 1.35. The third kappa shape index (κ3) is 15.7. The SMILES string of the molecule is C/N=C/C(=O)O.[NaH].[NaH]. The zero-order chi connectivity index (χ0) is 4.99. The molecule has 0 atom stereocenters. The first-order valence-electron chi connectivity index (χ1n) is 1.42. The van der Waals surface area contributed by atoms with Gasteiger partial charge in [0.1, 0.15) is 6.21 Å². The van der Waals surface area contributed by atoms with Gasteiger partial charge in [-0.2, -0.15) is 0 Å². The molecule has 0 amide bonds. The van der Waals surface area contributed by atoms with Gasteiger partial charge in [0.2, 0.25) is 0 Å². The van der Waals surface area contributed by atoms with Gasteiger partial charge in [0.15, 0.2) is 0 Å². The van der Waals surface area contributed by atoms with Crippen molar-refractivity contribution in [1.29, 1.82) is 0 Å². The summed E-state index contributed by atoms with van der Waals surface area (Å²) in [5, 5.41) is 7.76. The van der Waals surface area contributed by atoms with Gasteiger partial charge in [-0.1, -0.05) is 0 Å². The summed E-state index contributed by atoms with van der Waals surface area (Å²) in [6.07, 6.45) is 0.833. The molecule has 0 unspecified atom stereocenters. The molecule has 0 aliphatic carbocycles. The number of hydrogen-bond acceptors (Lipinski definition) is 2. The topological polar surface area (TPSA) is 49.7 Å². The van der Waals surface area contributed by atoms with Crippen molar-refractivity contribution in [2.75, 3.05) is 7.05 Å². The van der Waals surface area contributed by atoms with E-state index in [9.17, 15) is 4.79 Å². The van der Waals surface area contributed by atoms with Crippen LogP contribution in [0.3, 0.4) is 0 Å². The van der Waals surface area contributed by atoms with Gasteiger partial charge in [-0.15, -0.1) is 0 Å². The Balaban J connectivity index is -0.000000125. The van der Waals surface area contributed by atoms with Gasteiger partial charge < -0.3 is 5.11 Å². The minimum atomic E-state index is -1.00. The van der Waals surface area contributed by atoms with Crippen molar-refractivity contribution in [3.05, 3.63) is 0 Å². The van der Waals surface area contributed by atoms with E-state index < -0.39 is 5.97 Å². The fourth-order valence-electron chi connectivity index (χ4n) is 0.110. The standard InChI is InChI=1S/C3H5NO2.2Na.2H/c1-4-2-3(5)6;;;;/h2H,1H3,(H,5,6);;;;/b4-2+;;;;. The van der Waals surface area contributed by atoms with E-state index in [0.29, 0.717) is 0 Å². The van der Waals surface area contributed by atoms with Crippen LogP contribution in [0, 0.1) is 0 Å². The summed E-state index contributed by atoms with van der Waals surface area (Å²) >= 11 is 0. The molecule has 0 aliphatic rings. The Morgan fingerprint density at radius 3 is 2.00 bits per heavy atom. The van der Waals surface area contributed by atoms with Crippen molar-refractivity contribution < 1.29 is 9.90 Å². The van der Waals surface area contributed by atoms with Crippen LogP contribution in [0.1, 0.15) is 0 Å². The molecule has 0 aromatic rings. The molecule has 0 rings (SSSR count). The second-order valence-electron chi connectivity index (χ2n) is 0.726. The van der Waals surface area contributed by atoms with Gasteiger partial charge in [0.25, 0.3) is 0 Å². The summed E-state index contributed by atoms with van der Waals surface area (Å²) in [6.45, 7) is 0. The van der Waals surface area contributed by atoms with Crippen molar-refractivity contribution >= 4 is 71.3 Å². The molecule has 5 heteroatoms. The van der Waals surface area contributed by atoms with E-state index in [2.05, 4.69) is 4.99 Å². The molecule has 0 fully saturated rings. The van der Waals surface area contributed by atoms with E-state index in [1.807, 2.05) is 0 Å². The molecule has 3 nitrogen and oxygen atoms in total. The van der Waals surface area contributed by atoms with E-state index in [0.717, 1.165) is 6.21 Å². The first-order chi connectivity index (χ1) is 2.77. The number of carboxylic acids is 1. The number of nitrogens with zero attached hydrogens (tertiary/aromatic N) is 1.